The number of nitrogens with two attached hydrogens (primary N) is 1. The second kappa shape index (κ2) is 10.9. The van der Waals surface area contributed by atoms with E-state index in [0.717, 1.165) is 22.8 Å². The summed E-state index contributed by atoms with van der Waals surface area (Å²) in [5, 5.41) is 9.74. The number of benzene rings is 2. The van der Waals surface area contributed by atoms with E-state index in [1.54, 1.807) is 11.8 Å². The van der Waals surface area contributed by atoms with Crippen LogP contribution in [0.2, 0.25) is 0 Å². The fourth-order valence-electron chi connectivity index (χ4n) is 5.02. The first kappa shape index (κ1) is 26.5. The van der Waals surface area contributed by atoms with Crippen molar-refractivity contribution in [2.24, 2.45) is 0 Å². The molecule has 1 aliphatic rings. The number of H-pyrrole nitrogens is 1. The number of methoxy groups -OCH3 is 1. The van der Waals surface area contributed by atoms with Crippen molar-refractivity contribution in [1.29, 1.82) is 0 Å². The van der Waals surface area contributed by atoms with E-state index in [1.165, 1.54) is 19.2 Å². The molecule has 5 rings (SSSR count). The zero-order chi connectivity index (χ0) is 28.4. The van der Waals surface area contributed by atoms with Gasteiger partial charge in [0.05, 0.1) is 24.1 Å². The fraction of sp³-hybridized carbons (Fsp3) is 0.241. The molecule has 204 valence electrons. The number of rotatable bonds is 6. The lowest BCUT2D eigenvalue weighted by molar-refractivity contribution is -0.124. The molecule has 1 saturated heterocycles. The Labute approximate surface area is 228 Å². The zero-order valence-electron chi connectivity index (χ0n) is 22.0. The van der Waals surface area contributed by atoms with E-state index < -0.39 is 11.7 Å². The number of carbonyl (C=O) groups excluding carboxylic acids is 2. The second-order valence-electron chi connectivity index (χ2n) is 9.40. The van der Waals surface area contributed by atoms with Gasteiger partial charge in [-0.25, -0.2) is 9.49 Å². The Morgan fingerprint density at radius 2 is 2.02 bits per heavy atom. The molecule has 1 fully saturated rings. The third-order valence-corrected chi connectivity index (χ3v) is 6.98. The lowest BCUT2D eigenvalue weighted by Crippen LogP contribution is -2.28. The van der Waals surface area contributed by atoms with Crippen LogP contribution in [-0.4, -0.2) is 51.7 Å². The summed E-state index contributed by atoms with van der Waals surface area (Å²) in [5.74, 6) is 4.43. The molecule has 0 bridgehead atoms. The minimum atomic E-state index is -0.534. The van der Waals surface area contributed by atoms with E-state index >= 15 is 0 Å². The quantitative estimate of drug-likeness (QED) is 0.321. The van der Waals surface area contributed by atoms with Gasteiger partial charge in [-0.3, -0.25) is 14.4 Å². The van der Waals surface area contributed by atoms with Gasteiger partial charge in [-0.2, -0.15) is 5.10 Å². The molecule has 1 atom stereocenters. The highest BCUT2D eigenvalue weighted by atomic mass is 19.1. The number of hydrogen-bond donors (Lipinski definition) is 3. The molecule has 0 saturated carbocycles. The molecule has 0 aliphatic carbocycles. The summed E-state index contributed by atoms with van der Waals surface area (Å²) < 4.78 is 20.7. The molecular weight excluding hydrogens is 515 g/mol. The van der Waals surface area contributed by atoms with Crippen molar-refractivity contribution >= 4 is 28.5 Å². The van der Waals surface area contributed by atoms with Gasteiger partial charge in [0, 0.05) is 31.4 Å². The van der Waals surface area contributed by atoms with Crippen LogP contribution in [0.15, 0.2) is 53.5 Å². The molecular formula is C29H27FN6O4. The van der Waals surface area contributed by atoms with Gasteiger partial charge in [-0.05, 0) is 48.6 Å². The number of fused-ring (bicyclic) bond motifs is 1. The maximum absolute atomic E-state index is 13.7. The number of hydrogen-bond acceptors (Lipinski definition) is 6. The summed E-state index contributed by atoms with van der Waals surface area (Å²) in [6.07, 6.45) is 2.53. The van der Waals surface area contributed by atoms with Crippen LogP contribution in [0.1, 0.15) is 35.3 Å². The van der Waals surface area contributed by atoms with Crippen LogP contribution in [0.25, 0.3) is 22.0 Å². The number of anilines is 1. The van der Waals surface area contributed by atoms with Gasteiger partial charge in [0.1, 0.15) is 17.1 Å². The van der Waals surface area contributed by atoms with Crippen molar-refractivity contribution in [3.63, 3.8) is 0 Å². The molecule has 4 N–H and O–H groups in total. The standard InChI is InChI=1S/C29H27FN6O4/c1-3-4-24(37)35-12-11-20(15-35)36-16-22(25-26(36)29(39)34-33-27(25)31)18-7-5-17(6-8-18)14-32-28(38)21-13-19(30)9-10-23(21)40-2/h5-10,13,16,20H,11-12,14-15H2,1-2H3,(H2,31,33)(H,32,38)(H,34,39). The Hall–Kier alpha value is -5.11. The number of halogens is 1. The molecule has 2 aromatic carbocycles. The van der Waals surface area contributed by atoms with Gasteiger partial charge in [0.2, 0.25) is 0 Å². The highest BCUT2D eigenvalue weighted by Gasteiger charge is 2.29. The summed E-state index contributed by atoms with van der Waals surface area (Å²) in [7, 11) is 1.42. The molecule has 1 unspecified atom stereocenters. The van der Waals surface area contributed by atoms with E-state index in [-0.39, 0.29) is 41.2 Å². The lowest BCUT2D eigenvalue weighted by Gasteiger charge is -2.15. The molecule has 4 aromatic rings. The fourth-order valence-corrected chi connectivity index (χ4v) is 5.02. The Kier molecular flexibility index (Phi) is 7.25. The van der Waals surface area contributed by atoms with E-state index in [4.69, 9.17) is 10.5 Å². The van der Waals surface area contributed by atoms with Crippen LogP contribution >= 0.6 is 0 Å². The Balaban J connectivity index is 1.41. The Bertz CT molecular complexity index is 1730. The minimum absolute atomic E-state index is 0.106. The normalized spacial score (nSPS) is 14.6. The number of aromatic amines is 1. The van der Waals surface area contributed by atoms with Gasteiger partial charge in [-0.1, -0.05) is 30.2 Å². The number of nitrogens with one attached hydrogen (secondary N) is 2. The van der Waals surface area contributed by atoms with E-state index in [0.29, 0.717) is 30.4 Å². The third-order valence-electron chi connectivity index (χ3n) is 6.98. The first-order valence-electron chi connectivity index (χ1n) is 12.6. The van der Waals surface area contributed by atoms with Crippen molar-refractivity contribution in [2.45, 2.75) is 25.9 Å². The molecule has 11 heteroatoms. The predicted octanol–water partition coefficient (Wildman–Crippen LogP) is 2.85. The van der Waals surface area contributed by atoms with Crippen molar-refractivity contribution in [3.05, 3.63) is 76.0 Å². The number of carbonyl (C=O) groups is 2. The number of ether oxygens (including phenoxy) is 1. The second-order valence-corrected chi connectivity index (χ2v) is 9.40. The van der Waals surface area contributed by atoms with Crippen LogP contribution < -0.4 is 21.3 Å². The Morgan fingerprint density at radius 1 is 1.25 bits per heavy atom. The molecule has 2 aromatic heterocycles. The van der Waals surface area contributed by atoms with Gasteiger partial charge in [0.25, 0.3) is 17.4 Å². The largest absolute Gasteiger partial charge is 0.496 e. The molecule has 0 radical (unpaired) electrons. The molecule has 40 heavy (non-hydrogen) atoms. The first-order valence-corrected chi connectivity index (χ1v) is 12.6. The van der Waals surface area contributed by atoms with Crippen molar-refractivity contribution in [3.8, 4) is 28.7 Å². The lowest BCUT2D eigenvalue weighted by atomic mass is 10.0. The smallest absolute Gasteiger partial charge is 0.298 e. The topological polar surface area (TPSA) is 135 Å². The third kappa shape index (κ3) is 4.99. The SMILES string of the molecule is CC#CC(=O)N1CCC(n2cc(-c3ccc(CNC(=O)c4cc(F)ccc4OC)cc3)c3c(N)n[nH]c(=O)c32)C1. The van der Waals surface area contributed by atoms with E-state index in [2.05, 4.69) is 27.4 Å². The van der Waals surface area contributed by atoms with Crippen LogP contribution in [0.4, 0.5) is 10.2 Å². The van der Waals surface area contributed by atoms with Crippen LogP contribution in [0, 0.1) is 17.7 Å². The number of aromatic nitrogens is 3. The molecule has 10 nitrogen and oxygen atoms in total. The predicted molar refractivity (Wildman–Crippen MR) is 148 cm³/mol. The maximum Gasteiger partial charge on any atom is 0.298 e. The van der Waals surface area contributed by atoms with E-state index in [1.807, 2.05) is 35.0 Å². The van der Waals surface area contributed by atoms with Gasteiger partial charge in [-0.15, -0.1) is 0 Å². The summed E-state index contributed by atoms with van der Waals surface area (Å²) in [4.78, 5) is 39.5. The van der Waals surface area contributed by atoms with Crippen LogP contribution in [0.5, 0.6) is 5.75 Å². The molecule has 0 spiro atoms. The van der Waals surface area contributed by atoms with Gasteiger partial charge < -0.3 is 25.3 Å². The van der Waals surface area contributed by atoms with Gasteiger partial charge >= 0.3 is 0 Å². The average molecular weight is 543 g/mol. The van der Waals surface area contributed by atoms with Crippen molar-refractivity contribution in [1.82, 2.24) is 25.0 Å². The van der Waals surface area contributed by atoms with Crippen LogP contribution in [-0.2, 0) is 11.3 Å². The van der Waals surface area contributed by atoms with E-state index in [9.17, 15) is 18.8 Å². The zero-order valence-corrected chi connectivity index (χ0v) is 22.0. The van der Waals surface area contributed by atoms with Gasteiger partial charge in [0.15, 0.2) is 5.82 Å². The first-order chi connectivity index (χ1) is 19.3. The van der Waals surface area contributed by atoms with Crippen LogP contribution in [0.3, 0.4) is 0 Å². The number of nitrogen functional groups attached to an aromatic ring is 1. The van der Waals surface area contributed by atoms with Crippen molar-refractivity contribution in [2.75, 3.05) is 25.9 Å². The minimum Gasteiger partial charge on any atom is -0.496 e. The summed E-state index contributed by atoms with van der Waals surface area (Å²) >= 11 is 0. The highest BCUT2D eigenvalue weighted by molar-refractivity contribution is 6.02. The maximum atomic E-state index is 13.7. The number of amides is 2. The summed E-state index contributed by atoms with van der Waals surface area (Å²) in [5.41, 5.74) is 8.68. The molecule has 3 heterocycles. The average Bonchev–Trinajstić information content (AvgIpc) is 3.61. The molecule has 2 amide bonds. The van der Waals surface area contributed by atoms with Crippen molar-refractivity contribution < 1.29 is 18.7 Å². The Morgan fingerprint density at radius 3 is 2.75 bits per heavy atom. The number of nitrogens with zero attached hydrogens (tertiary/aromatic N) is 3. The highest BCUT2D eigenvalue weighted by Crippen LogP contribution is 2.35. The molecule has 1 aliphatic heterocycles. The summed E-state index contributed by atoms with van der Waals surface area (Å²) in [6.45, 7) is 2.78. The number of likely N-dealkylation sites (tertiary alicyclic amines) is 1. The summed E-state index contributed by atoms with van der Waals surface area (Å²) in [6, 6.07) is 11.1. The monoisotopic (exact) mass is 542 g/mol.